The molecule has 0 fully saturated rings. The van der Waals surface area contributed by atoms with Crippen LogP contribution in [0.15, 0.2) is 115 Å². The van der Waals surface area contributed by atoms with Crippen molar-refractivity contribution in [1.82, 2.24) is 10.3 Å². The van der Waals surface area contributed by atoms with Crippen LogP contribution in [0.3, 0.4) is 0 Å². The fourth-order valence-corrected chi connectivity index (χ4v) is 4.64. The molecule has 0 saturated heterocycles. The number of hydrogen-bond donors (Lipinski definition) is 1. The molecule has 0 saturated carbocycles. The fourth-order valence-electron chi connectivity index (χ4n) is 4.64. The molecule has 1 aromatic heterocycles. The molecule has 35 heavy (non-hydrogen) atoms. The second kappa shape index (κ2) is 10.4. The molecule has 0 aliphatic heterocycles. The van der Waals surface area contributed by atoms with Crippen LogP contribution in [-0.4, -0.2) is 17.4 Å². The molecule has 0 atom stereocenters. The summed E-state index contributed by atoms with van der Waals surface area (Å²) in [7, 11) is 0. The van der Waals surface area contributed by atoms with Crippen LogP contribution in [0.2, 0.25) is 0 Å². The Morgan fingerprint density at radius 3 is 2.11 bits per heavy atom. The van der Waals surface area contributed by atoms with Gasteiger partial charge in [0.25, 0.3) is 5.91 Å². The average Bonchev–Trinajstić information content (AvgIpc) is 2.91. The minimum Gasteiger partial charge on any atom is -0.352 e. The van der Waals surface area contributed by atoms with E-state index in [0.717, 1.165) is 34.1 Å². The summed E-state index contributed by atoms with van der Waals surface area (Å²) in [6.45, 7) is 2.64. The lowest BCUT2D eigenvalue weighted by Gasteiger charge is -2.19. The molecule has 0 aliphatic rings. The van der Waals surface area contributed by atoms with Crippen molar-refractivity contribution in [2.75, 3.05) is 6.54 Å². The molecule has 1 N–H and O–H groups in total. The third-order valence-electron chi connectivity index (χ3n) is 6.40. The zero-order chi connectivity index (χ0) is 24.0. The number of nitrogens with one attached hydrogen (secondary N) is 1. The van der Waals surface area contributed by atoms with Gasteiger partial charge < -0.3 is 5.32 Å². The van der Waals surface area contributed by atoms with E-state index < -0.39 is 0 Å². The van der Waals surface area contributed by atoms with E-state index in [9.17, 15) is 4.79 Å². The number of pyridine rings is 1. The predicted molar refractivity (Wildman–Crippen MR) is 144 cm³/mol. The fraction of sp³-hybridized carbons (Fsp3) is 0.125. The SMILES string of the molecule is Cc1cccc(-c2cc(C(=O)NCCC(c3ccccc3)c3ccccc3)c3ccccc3n2)c1. The highest BCUT2D eigenvalue weighted by Crippen LogP contribution is 2.28. The molecule has 172 valence electrons. The molecule has 0 bridgehead atoms. The second-order valence-electron chi connectivity index (χ2n) is 8.86. The number of aromatic nitrogens is 1. The Balaban J connectivity index is 1.40. The van der Waals surface area contributed by atoms with E-state index >= 15 is 0 Å². The minimum atomic E-state index is -0.0719. The summed E-state index contributed by atoms with van der Waals surface area (Å²) < 4.78 is 0. The van der Waals surface area contributed by atoms with Gasteiger partial charge in [0.2, 0.25) is 0 Å². The third kappa shape index (κ3) is 5.15. The monoisotopic (exact) mass is 456 g/mol. The maximum absolute atomic E-state index is 13.4. The number of aryl methyl sites for hydroxylation is 1. The summed E-state index contributed by atoms with van der Waals surface area (Å²) in [6.07, 6.45) is 0.813. The van der Waals surface area contributed by atoms with Crippen molar-refractivity contribution in [2.45, 2.75) is 19.3 Å². The van der Waals surface area contributed by atoms with Gasteiger partial charge in [-0.2, -0.15) is 0 Å². The van der Waals surface area contributed by atoms with Gasteiger partial charge in [-0.1, -0.05) is 103 Å². The number of carbonyl (C=O) groups excluding carboxylic acids is 1. The normalized spacial score (nSPS) is 11.0. The van der Waals surface area contributed by atoms with Crippen molar-refractivity contribution in [2.24, 2.45) is 0 Å². The van der Waals surface area contributed by atoms with Gasteiger partial charge in [0.15, 0.2) is 0 Å². The molecule has 0 unspecified atom stereocenters. The van der Waals surface area contributed by atoms with Gasteiger partial charge in [-0.3, -0.25) is 4.79 Å². The number of amides is 1. The Bertz CT molecular complexity index is 1410. The van der Waals surface area contributed by atoms with Crippen molar-refractivity contribution in [3.05, 3.63) is 138 Å². The zero-order valence-electron chi connectivity index (χ0n) is 19.8. The van der Waals surface area contributed by atoms with Crippen LogP contribution in [0.4, 0.5) is 0 Å². The molecule has 1 heterocycles. The van der Waals surface area contributed by atoms with Gasteiger partial charge in [-0.15, -0.1) is 0 Å². The van der Waals surface area contributed by atoms with Crippen LogP contribution in [0.25, 0.3) is 22.2 Å². The number of hydrogen-bond acceptors (Lipinski definition) is 2. The third-order valence-corrected chi connectivity index (χ3v) is 6.40. The first kappa shape index (κ1) is 22.5. The molecule has 0 radical (unpaired) electrons. The minimum absolute atomic E-state index is 0.0719. The van der Waals surface area contributed by atoms with E-state index in [1.54, 1.807) is 0 Å². The molecule has 0 spiro atoms. The Labute approximate surface area is 206 Å². The van der Waals surface area contributed by atoms with Gasteiger partial charge >= 0.3 is 0 Å². The van der Waals surface area contributed by atoms with E-state index in [0.29, 0.717) is 12.1 Å². The first-order valence-corrected chi connectivity index (χ1v) is 12.0. The Hall–Kier alpha value is -4.24. The van der Waals surface area contributed by atoms with Crippen LogP contribution in [0, 0.1) is 6.92 Å². The van der Waals surface area contributed by atoms with Gasteiger partial charge in [0, 0.05) is 23.4 Å². The number of rotatable bonds is 7. The number of nitrogens with zero attached hydrogens (tertiary/aromatic N) is 1. The van der Waals surface area contributed by atoms with Crippen molar-refractivity contribution >= 4 is 16.8 Å². The summed E-state index contributed by atoms with van der Waals surface area (Å²) >= 11 is 0. The number of carbonyl (C=O) groups is 1. The molecule has 3 nitrogen and oxygen atoms in total. The van der Waals surface area contributed by atoms with Crippen molar-refractivity contribution in [3.63, 3.8) is 0 Å². The smallest absolute Gasteiger partial charge is 0.252 e. The highest BCUT2D eigenvalue weighted by atomic mass is 16.1. The van der Waals surface area contributed by atoms with Gasteiger partial charge in [0.1, 0.15) is 0 Å². The van der Waals surface area contributed by atoms with E-state index in [2.05, 4.69) is 72.9 Å². The summed E-state index contributed by atoms with van der Waals surface area (Å²) in [5, 5.41) is 4.05. The summed E-state index contributed by atoms with van der Waals surface area (Å²) in [5.41, 5.74) is 6.97. The van der Waals surface area contributed by atoms with Crippen LogP contribution in [0.5, 0.6) is 0 Å². The molecule has 0 aliphatic carbocycles. The average molecular weight is 457 g/mol. The number of para-hydroxylation sites is 1. The molecule has 5 aromatic rings. The van der Waals surface area contributed by atoms with Crippen LogP contribution >= 0.6 is 0 Å². The van der Waals surface area contributed by atoms with E-state index in [1.807, 2.05) is 54.6 Å². The topological polar surface area (TPSA) is 42.0 Å². The lowest BCUT2D eigenvalue weighted by Crippen LogP contribution is -2.26. The van der Waals surface area contributed by atoms with Gasteiger partial charge in [-0.05, 0) is 42.7 Å². The first-order valence-electron chi connectivity index (χ1n) is 12.0. The maximum atomic E-state index is 13.4. The highest BCUT2D eigenvalue weighted by Gasteiger charge is 2.17. The van der Waals surface area contributed by atoms with Crippen LogP contribution < -0.4 is 5.32 Å². The molecular formula is C32H28N2O. The van der Waals surface area contributed by atoms with Crippen molar-refractivity contribution in [1.29, 1.82) is 0 Å². The largest absolute Gasteiger partial charge is 0.352 e. The zero-order valence-corrected chi connectivity index (χ0v) is 19.8. The van der Waals surface area contributed by atoms with E-state index in [1.165, 1.54) is 11.1 Å². The molecule has 1 amide bonds. The van der Waals surface area contributed by atoms with Crippen LogP contribution in [-0.2, 0) is 0 Å². The van der Waals surface area contributed by atoms with E-state index in [4.69, 9.17) is 4.98 Å². The number of fused-ring (bicyclic) bond motifs is 1. The summed E-state index contributed by atoms with van der Waals surface area (Å²) in [4.78, 5) is 18.3. The number of benzene rings is 4. The standard InChI is InChI=1S/C32H28N2O/c1-23-11-10-16-26(21-23)31-22-29(28-17-8-9-18-30(28)34-31)32(35)33-20-19-27(24-12-4-2-5-13-24)25-14-6-3-7-15-25/h2-18,21-22,27H,19-20H2,1H3,(H,33,35). The van der Waals surface area contributed by atoms with Crippen molar-refractivity contribution < 1.29 is 4.79 Å². The van der Waals surface area contributed by atoms with Gasteiger partial charge in [-0.25, -0.2) is 4.98 Å². The lowest BCUT2D eigenvalue weighted by atomic mass is 9.88. The molecule has 5 rings (SSSR count). The van der Waals surface area contributed by atoms with E-state index in [-0.39, 0.29) is 11.8 Å². The highest BCUT2D eigenvalue weighted by molar-refractivity contribution is 6.07. The summed E-state index contributed by atoms with van der Waals surface area (Å²) in [6, 6.07) is 39.0. The Kier molecular flexibility index (Phi) is 6.67. The molecular weight excluding hydrogens is 428 g/mol. The molecule has 3 heteroatoms. The van der Waals surface area contributed by atoms with Crippen molar-refractivity contribution in [3.8, 4) is 11.3 Å². The quantitative estimate of drug-likeness (QED) is 0.282. The lowest BCUT2D eigenvalue weighted by molar-refractivity contribution is 0.0954. The Morgan fingerprint density at radius 1 is 0.771 bits per heavy atom. The Morgan fingerprint density at radius 2 is 1.43 bits per heavy atom. The molecule has 4 aromatic carbocycles. The predicted octanol–water partition coefficient (Wildman–Crippen LogP) is 7.16. The second-order valence-corrected chi connectivity index (χ2v) is 8.86. The summed E-state index contributed by atoms with van der Waals surface area (Å²) in [5.74, 6) is 0.145. The van der Waals surface area contributed by atoms with Gasteiger partial charge in [0.05, 0.1) is 16.8 Å². The first-order chi connectivity index (χ1) is 17.2. The maximum Gasteiger partial charge on any atom is 0.252 e. The van der Waals surface area contributed by atoms with Crippen LogP contribution in [0.1, 0.15) is 39.4 Å².